The summed E-state index contributed by atoms with van der Waals surface area (Å²) in [6.07, 6.45) is 7.76. The van der Waals surface area contributed by atoms with E-state index in [0.29, 0.717) is 6.04 Å². The summed E-state index contributed by atoms with van der Waals surface area (Å²) < 4.78 is 0. The molecule has 0 atom stereocenters. The first-order valence-corrected chi connectivity index (χ1v) is 9.53. The van der Waals surface area contributed by atoms with Gasteiger partial charge in [0, 0.05) is 24.7 Å². The second-order valence-corrected chi connectivity index (χ2v) is 6.95. The van der Waals surface area contributed by atoms with Gasteiger partial charge in [0.15, 0.2) is 0 Å². The summed E-state index contributed by atoms with van der Waals surface area (Å²) in [7, 11) is 0. The molecule has 0 spiro atoms. The first kappa shape index (κ1) is 20.9. The average molecular weight is 376 g/mol. The smallest absolute Gasteiger partial charge is 0.414 e. The molecule has 0 bridgehead atoms. The summed E-state index contributed by atoms with van der Waals surface area (Å²) in [6, 6.07) is 10.4. The summed E-state index contributed by atoms with van der Waals surface area (Å²) in [5, 5.41) is 14.8. The van der Waals surface area contributed by atoms with E-state index in [2.05, 4.69) is 4.90 Å². The highest BCUT2D eigenvalue weighted by Crippen LogP contribution is 2.21. The van der Waals surface area contributed by atoms with E-state index in [9.17, 15) is 4.79 Å². The van der Waals surface area contributed by atoms with Crippen molar-refractivity contribution in [3.63, 3.8) is 0 Å². The van der Waals surface area contributed by atoms with Crippen LogP contribution in [0.3, 0.4) is 0 Å². The van der Waals surface area contributed by atoms with E-state index in [4.69, 9.17) is 19.8 Å². The number of benzene rings is 1. The lowest BCUT2D eigenvalue weighted by Crippen LogP contribution is -2.47. The Balaban J connectivity index is 0.000000380. The van der Waals surface area contributed by atoms with Gasteiger partial charge in [-0.2, -0.15) is 0 Å². The number of nitrogens with zero attached hydrogens (tertiary/aromatic N) is 2. The van der Waals surface area contributed by atoms with Crippen molar-refractivity contribution >= 4 is 17.8 Å². The number of carbonyl (C=O) groups is 3. The van der Waals surface area contributed by atoms with Gasteiger partial charge in [-0.15, -0.1) is 0 Å². The molecular weight excluding hydrogens is 348 g/mol. The fourth-order valence-corrected chi connectivity index (χ4v) is 3.66. The molecule has 3 rings (SSSR count). The van der Waals surface area contributed by atoms with E-state index >= 15 is 0 Å². The summed E-state index contributed by atoms with van der Waals surface area (Å²) in [5.74, 6) is -3.45. The molecule has 148 valence electrons. The molecule has 7 heteroatoms. The van der Waals surface area contributed by atoms with Gasteiger partial charge in [0.2, 0.25) is 0 Å². The topological polar surface area (TPSA) is 98.1 Å². The van der Waals surface area contributed by atoms with Crippen LogP contribution in [0.15, 0.2) is 30.3 Å². The third-order valence-corrected chi connectivity index (χ3v) is 5.11. The van der Waals surface area contributed by atoms with E-state index in [1.165, 1.54) is 38.8 Å². The number of rotatable bonds is 2. The molecule has 0 saturated carbocycles. The Kier molecular flexibility index (Phi) is 8.26. The molecule has 0 unspecified atom stereocenters. The second-order valence-electron chi connectivity index (χ2n) is 6.95. The molecule has 7 nitrogen and oxygen atoms in total. The van der Waals surface area contributed by atoms with Crippen LogP contribution in [-0.2, 0) is 9.59 Å². The lowest BCUT2D eigenvalue weighted by atomic mass is 10.0. The van der Waals surface area contributed by atoms with Crippen molar-refractivity contribution in [2.45, 2.75) is 44.6 Å². The molecule has 2 aliphatic rings. The molecule has 2 saturated heterocycles. The maximum Gasteiger partial charge on any atom is 0.414 e. The molecule has 0 aromatic heterocycles. The third kappa shape index (κ3) is 6.67. The number of piperidine rings is 1. The number of carbonyl (C=O) groups excluding carboxylic acids is 1. The molecule has 1 aromatic carbocycles. The molecule has 2 heterocycles. The Labute approximate surface area is 159 Å². The zero-order valence-corrected chi connectivity index (χ0v) is 15.5. The van der Waals surface area contributed by atoms with Gasteiger partial charge in [0.1, 0.15) is 0 Å². The summed E-state index contributed by atoms with van der Waals surface area (Å²) in [4.78, 5) is 35.4. The molecule has 0 radical (unpaired) electrons. The molecule has 1 amide bonds. The predicted molar refractivity (Wildman–Crippen MR) is 101 cm³/mol. The first-order chi connectivity index (χ1) is 13.0. The van der Waals surface area contributed by atoms with Crippen molar-refractivity contribution < 1.29 is 24.6 Å². The van der Waals surface area contributed by atoms with E-state index in [1.807, 2.05) is 35.2 Å². The Morgan fingerprint density at radius 3 is 1.78 bits per heavy atom. The molecule has 0 aliphatic carbocycles. The number of aliphatic carboxylic acids is 2. The number of amides is 1. The summed E-state index contributed by atoms with van der Waals surface area (Å²) in [6.45, 7) is 4.35. The van der Waals surface area contributed by atoms with Crippen molar-refractivity contribution in [1.82, 2.24) is 9.80 Å². The Hall–Kier alpha value is -2.41. The van der Waals surface area contributed by atoms with E-state index in [-0.39, 0.29) is 5.91 Å². The van der Waals surface area contributed by atoms with Gasteiger partial charge >= 0.3 is 11.9 Å². The van der Waals surface area contributed by atoms with Crippen molar-refractivity contribution in [3.8, 4) is 0 Å². The van der Waals surface area contributed by atoms with Crippen LogP contribution >= 0.6 is 0 Å². The highest BCUT2D eigenvalue weighted by Gasteiger charge is 2.27. The lowest BCUT2D eigenvalue weighted by Gasteiger charge is -2.38. The lowest BCUT2D eigenvalue weighted by molar-refractivity contribution is -0.159. The predicted octanol–water partition coefficient (Wildman–Crippen LogP) is 2.32. The maximum atomic E-state index is 12.4. The third-order valence-electron chi connectivity index (χ3n) is 5.11. The maximum absolute atomic E-state index is 12.4. The number of carboxylic acids is 2. The standard InChI is InChI=1S/C18H26N2O.C2H2O4/c21-18(16-8-4-3-5-9-16)20-14-10-17(11-15-20)19-12-6-1-2-7-13-19;3-1(4)2(5)6/h3-5,8-9,17H,1-2,6-7,10-15H2;(H,3,4)(H,5,6). The fourth-order valence-electron chi connectivity index (χ4n) is 3.66. The number of hydrogen-bond acceptors (Lipinski definition) is 4. The van der Waals surface area contributed by atoms with Crippen LogP contribution in [0.25, 0.3) is 0 Å². The SMILES string of the molecule is O=C(O)C(=O)O.O=C(c1ccccc1)N1CCC(N2CCCCCC2)CC1. The van der Waals surface area contributed by atoms with Crippen LogP contribution < -0.4 is 0 Å². The number of hydrogen-bond donors (Lipinski definition) is 2. The van der Waals surface area contributed by atoms with E-state index < -0.39 is 11.9 Å². The minimum Gasteiger partial charge on any atom is -0.473 e. The van der Waals surface area contributed by atoms with Crippen LogP contribution in [-0.4, -0.2) is 70.1 Å². The van der Waals surface area contributed by atoms with Crippen molar-refractivity contribution in [2.75, 3.05) is 26.2 Å². The minimum atomic E-state index is -1.82. The fraction of sp³-hybridized carbons (Fsp3) is 0.550. The summed E-state index contributed by atoms with van der Waals surface area (Å²) >= 11 is 0. The van der Waals surface area contributed by atoms with Crippen LogP contribution in [0.1, 0.15) is 48.9 Å². The highest BCUT2D eigenvalue weighted by atomic mass is 16.4. The van der Waals surface area contributed by atoms with Gasteiger partial charge in [-0.05, 0) is 50.9 Å². The molecule has 2 aliphatic heterocycles. The van der Waals surface area contributed by atoms with Crippen LogP contribution in [0.4, 0.5) is 0 Å². The van der Waals surface area contributed by atoms with Crippen molar-refractivity contribution in [3.05, 3.63) is 35.9 Å². The molecule has 27 heavy (non-hydrogen) atoms. The normalized spacial score (nSPS) is 18.7. The monoisotopic (exact) mass is 376 g/mol. The van der Waals surface area contributed by atoms with Gasteiger partial charge in [-0.1, -0.05) is 31.0 Å². The average Bonchev–Trinajstić information content (AvgIpc) is 2.98. The van der Waals surface area contributed by atoms with Crippen molar-refractivity contribution in [1.29, 1.82) is 0 Å². The van der Waals surface area contributed by atoms with Gasteiger partial charge < -0.3 is 20.0 Å². The molecule has 1 aromatic rings. The van der Waals surface area contributed by atoms with Gasteiger partial charge in [0.25, 0.3) is 5.91 Å². The van der Waals surface area contributed by atoms with Crippen LogP contribution in [0.2, 0.25) is 0 Å². The van der Waals surface area contributed by atoms with Gasteiger partial charge in [-0.3, -0.25) is 4.79 Å². The molecule has 2 fully saturated rings. The Bertz CT molecular complexity index is 607. The highest BCUT2D eigenvalue weighted by molar-refractivity contribution is 6.27. The van der Waals surface area contributed by atoms with E-state index in [0.717, 1.165) is 31.5 Å². The Morgan fingerprint density at radius 2 is 1.30 bits per heavy atom. The van der Waals surface area contributed by atoms with Gasteiger partial charge in [0.05, 0.1) is 0 Å². The number of carboxylic acid groups (broad SMARTS) is 2. The summed E-state index contributed by atoms with van der Waals surface area (Å²) in [5.41, 5.74) is 0.825. The first-order valence-electron chi connectivity index (χ1n) is 9.53. The zero-order valence-electron chi connectivity index (χ0n) is 15.5. The second kappa shape index (κ2) is 10.7. The van der Waals surface area contributed by atoms with Crippen molar-refractivity contribution in [2.24, 2.45) is 0 Å². The van der Waals surface area contributed by atoms with Gasteiger partial charge in [-0.25, -0.2) is 9.59 Å². The largest absolute Gasteiger partial charge is 0.473 e. The van der Waals surface area contributed by atoms with Crippen LogP contribution in [0.5, 0.6) is 0 Å². The zero-order chi connectivity index (χ0) is 19.6. The van der Waals surface area contributed by atoms with Crippen LogP contribution in [0, 0.1) is 0 Å². The minimum absolute atomic E-state index is 0.199. The quantitative estimate of drug-likeness (QED) is 0.769. The van der Waals surface area contributed by atoms with E-state index in [1.54, 1.807) is 0 Å². The molecular formula is C20H28N2O5. The Morgan fingerprint density at radius 1 is 0.778 bits per heavy atom. The molecule has 2 N–H and O–H groups in total. The number of likely N-dealkylation sites (tertiary alicyclic amines) is 2.